The number of furan rings is 1. The van der Waals surface area contributed by atoms with E-state index >= 15 is 0 Å². The van der Waals surface area contributed by atoms with Gasteiger partial charge in [0, 0.05) is 55.3 Å². The van der Waals surface area contributed by atoms with Crippen molar-refractivity contribution < 1.29 is 4.42 Å². The van der Waals surface area contributed by atoms with Crippen molar-refractivity contribution in [2.24, 2.45) is 0 Å². The molecular formula is C58H39BN2O. The van der Waals surface area contributed by atoms with Gasteiger partial charge in [0.25, 0.3) is 0 Å². The van der Waals surface area contributed by atoms with Crippen molar-refractivity contribution in [1.82, 2.24) is 4.57 Å². The highest BCUT2D eigenvalue weighted by atomic mass is 16.3. The molecule has 62 heavy (non-hydrogen) atoms. The van der Waals surface area contributed by atoms with Crippen LogP contribution >= 0.6 is 0 Å². The molecule has 0 radical (unpaired) electrons. The molecule has 0 amide bonds. The quantitative estimate of drug-likeness (QED) is 0.166. The molecule has 9 aromatic carbocycles. The van der Waals surface area contributed by atoms with E-state index in [4.69, 9.17) is 4.42 Å². The highest BCUT2D eigenvalue weighted by Gasteiger charge is 2.47. The average molecular weight is 791 g/mol. The Morgan fingerprint density at radius 2 is 1.19 bits per heavy atom. The SMILES string of the molecule is Cc1ccc(N2B3c4cc5oc(-c6ccccc6)c(-c6ccccc6)c5cc4-n4c5ccccc5c5c6ccccc6c(c3c54)-c3cc4c(cc32)C(C)(C)c2ccccc2-4)cc1. The highest BCUT2D eigenvalue weighted by Crippen LogP contribution is 2.56. The first-order valence-corrected chi connectivity index (χ1v) is 21.8. The van der Waals surface area contributed by atoms with Crippen molar-refractivity contribution in [3.05, 3.63) is 199 Å². The average Bonchev–Trinajstić information content (AvgIpc) is 3.94. The van der Waals surface area contributed by atoms with E-state index in [1.54, 1.807) is 0 Å². The molecule has 290 valence electrons. The number of hydrogen-bond acceptors (Lipinski definition) is 2. The van der Waals surface area contributed by atoms with Crippen LogP contribution in [0.3, 0.4) is 0 Å². The van der Waals surface area contributed by atoms with Gasteiger partial charge in [-0.2, -0.15) is 0 Å². The van der Waals surface area contributed by atoms with Crippen LogP contribution in [-0.4, -0.2) is 11.4 Å². The first-order valence-electron chi connectivity index (χ1n) is 21.8. The summed E-state index contributed by atoms with van der Waals surface area (Å²) in [4.78, 5) is 2.66. The van der Waals surface area contributed by atoms with Crippen molar-refractivity contribution in [1.29, 1.82) is 0 Å². The summed E-state index contributed by atoms with van der Waals surface area (Å²) >= 11 is 0. The summed E-state index contributed by atoms with van der Waals surface area (Å²) < 4.78 is 9.76. The minimum absolute atomic E-state index is 0.154. The van der Waals surface area contributed by atoms with Crippen molar-refractivity contribution in [2.75, 3.05) is 4.81 Å². The third kappa shape index (κ3) is 4.31. The highest BCUT2D eigenvalue weighted by molar-refractivity contribution is 6.94. The van der Waals surface area contributed by atoms with Crippen LogP contribution in [0.5, 0.6) is 0 Å². The van der Waals surface area contributed by atoms with Crippen molar-refractivity contribution in [2.45, 2.75) is 26.2 Å². The van der Waals surface area contributed by atoms with Gasteiger partial charge in [0.1, 0.15) is 11.3 Å². The summed E-state index contributed by atoms with van der Waals surface area (Å²) in [5.41, 5.74) is 22.0. The molecule has 2 aliphatic heterocycles. The van der Waals surface area contributed by atoms with Crippen molar-refractivity contribution >= 4 is 72.7 Å². The van der Waals surface area contributed by atoms with E-state index in [0.29, 0.717) is 0 Å². The van der Waals surface area contributed by atoms with E-state index < -0.39 is 0 Å². The molecule has 4 heteroatoms. The van der Waals surface area contributed by atoms with Gasteiger partial charge in [-0.05, 0) is 104 Å². The molecule has 0 saturated carbocycles. The summed E-state index contributed by atoms with van der Waals surface area (Å²) in [5.74, 6) is 0.891. The van der Waals surface area contributed by atoms with Gasteiger partial charge in [-0.25, -0.2) is 0 Å². The molecule has 0 spiro atoms. The lowest BCUT2D eigenvalue weighted by Gasteiger charge is -2.43. The molecule has 4 heterocycles. The van der Waals surface area contributed by atoms with Crippen LogP contribution in [0.2, 0.25) is 0 Å². The zero-order valence-corrected chi connectivity index (χ0v) is 34.7. The lowest BCUT2D eigenvalue weighted by atomic mass is 9.43. The van der Waals surface area contributed by atoms with Gasteiger partial charge in [-0.3, -0.25) is 0 Å². The number of hydrogen-bond donors (Lipinski definition) is 0. The molecule has 0 N–H and O–H groups in total. The molecule has 3 nitrogen and oxygen atoms in total. The minimum atomic E-state index is -0.162. The van der Waals surface area contributed by atoms with E-state index in [-0.39, 0.29) is 12.3 Å². The molecule has 1 aliphatic carbocycles. The van der Waals surface area contributed by atoms with Gasteiger partial charge in [0.05, 0.1) is 11.0 Å². The predicted octanol–water partition coefficient (Wildman–Crippen LogP) is 13.9. The van der Waals surface area contributed by atoms with Crippen molar-refractivity contribution in [3.8, 4) is 50.4 Å². The Kier molecular flexibility index (Phi) is 6.65. The van der Waals surface area contributed by atoms with E-state index in [9.17, 15) is 0 Å². The molecular weight excluding hydrogens is 751 g/mol. The van der Waals surface area contributed by atoms with Gasteiger partial charge in [-0.15, -0.1) is 0 Å². The Balaban J connectivity index is 1.19. The van der Waals surface area contributed by atoms with E-state index in [1.165, 1.54) is 99.5 Å². The maximum atomic E-state index is 7.17. The summed E-state index contributed by atoms with van der Waals surface area (Å²) in [6.07, 6.45) is 0. The minimum Gasteiger partial charge on any atom is -0.455 e. The molecule has 2 aromatic heterocycles. The van der Waals surface area contributed by atoms with Gasteiger partial charge >= 0.3 is 6.85 Å². The second kappa shape index (κ2) is 12.1. The number of rotatable bonds is 3. The zero-order chi connectivity index (χ0) is 41.0. The van der Waals surface area contributed by atoms with Crippen LogP contribution in [0.1, 0.15) is 30.5 Å². The van der Waals surface area contributed by atoms with Crippen LogP contribution in [0.4, 0.5) is 11.4 Å². The van der Waals surface area contributed by atoms with Crippen LogP contribution in [0.15, 0.2) is 186 Å². The van der Waals surface area contributed by atoms with Crippen LogP contribution in [-0.2, 0) is 5.41 Å². The van der Waals surface area contributed by atoms with Crippen LogP contribution < -0.4 is 15.7 Å². The summed E-state index contributed by atoms with van der Waals surface area (Å²) in [6.45, 7) is 6.82. The van der Waals surface area contributed by atoms with E-state index in [0.717, 1.165) is 33.4 Å². The monoisotopic (exact) mass is 790 g/mol. The number of fused-ring (bicyclic) bond motifs is 15. The van der Waals surface area contributed by atoms with Crippen molar-refractivity contribution in [3.63, 3.8) is 0 Å². The molecule has 11 aromatic rings. The number of benzene rings is 9. The molecule has 14 rings (SSSR count). The number of para-hydroxylation sites is 1. The van der Waals surface area contributed by atoms with Gasteiger partial charge in [0.2, 0.25) is 0 Å². The normalized spacial score (nSPS) is 14.1. The molecule has 0 atom stereocenters. The topological polar surface area (TPSA) is 21.3 Å². The Morgan fingerprint density at radius 1 is 0.516 bits per heavy atom. The Morgan fingerprint density at radius 3 is 1.98 bits per heavy atom. The number of nitrogens with zero attached hydrogens (tertiary/aromatic N) is 2. The molecule has 0 fully saturated rings. The maximum absolute atomic E-state index is 7.17. The lowest BCUT2D eigenvalue weighted by molar-refractivity contribution is 0.632. The number of aromatic nitrogens is 1. The second-order valence-corrected chi connectivity index (χ2v) is 18.0. The van der Waals surface area contributed by atoms with Crippen LogP contribution in [0.25, 0.3) is 93.9 Å². The van der Waals surface area contributed by atoms with Gasteiger partial charge in [-0.1, -0.05) is 159 Å². The Labute approximate surface area is 360 Å². The fourth-order valence-electron chi connectivity index (χ4n) is 11.7. The van der Waals surface area contributed by atoms with E-state index in [1.807, 2.05) is 0 Å². The number of aryl methyl sites for hydroxylation is 1. The summed E-state index contributed by atoms with van der Waals surface area (Å²) in [5, 5.41) is 6.27. The smallest absolute Gasteiger partial charge is 0.333 e. The lowest BCUT2D eigenvalue weighted by Crippen LogP contribution is -2.60. The van der Waals surface area contributed by atoms with Crippen LogP contribution in [0, 0.1) is 6.92 Å². The molecule has 0 unspecified atom stereocenters. The fraction of sp³-hybridized carbons (Fsp3) is 0.0690. The largest absolute Gasteiger partial charge is 0.455 e. The van der Waals surface area contributed by atoms with Gasteiger partial charge < -0.3 is 13.8 Å². The summed E-state index contributed by atoms with van der Waals surface area (Å²) in [7, 11) is 0. The molecule has 0 bridgehead atoms. The van der Waals surface area contributed by atoms with Gasteiger partial charge in [0.15, 0.2) is 0 Å². The third-order valence-electron chi connectivity index (χ3n) is 14.4. The standard InChI is InChI=1S/C58H39BN2O/c1-34-26-28-37(29-27-34)61-49-32-46-42(38-20-12-14-24-45(38)58(46,2)3)30-43(49)53-39-21-10-11-22-40(39)54-41-23-13-15-25-48(41)60-50-31-44-51(33-47(50)59(61)55(53)56(54)60)62-57(36-18-8-5-9-19-36)52(44)35-16-6-4-7-17-35/h4-33H,1-3H3. The third-order valence-corrected chi connectivity index (χ3v) is 14.4. The predicted molar refractivity (Wildman–Crippen MR) is 260 cm³/mol. The Bertz CT molecular complexity index is 3730. The molecule has 0 saturated heterocycles. The maximum Gasteiger partial charge on any atom is 0.333 e. The number of anilines is 2. The zero-order valence-electron chi connectivity index (χ0n) is 34.7. The summed E-state index contributed by atoms with van der Waals surface area (Å²) in [6, 6.07) is 67.7. The Hall–Kier alpha value is -7.56. The first-order chi connectivity index (χ1) is 30.5. The fourth-order valence-corrected chi connectivity index (χ4v) is 11.7. The second-order valence-electron chi connectivity index (χ2n) is 18.0. The van der Waals surface area contributed by atoms with E-state index in [2.05, 4.69) is 212 Å². The first kappa shape index (κ1) is 34.2. The molecule has 3 aliphatic rings.